The predicted octanol–water partition coefficient (Wildman–Crippen LogP) is 5.43. The van der Waals surface area contributed by atoms with E-state index in [2.05, 4.69) is 20.8 Å². The maximum absolute atomic E-state index is 12.9. The number of halogens is 1. The Morgan fingerprint density at radius 1 is 1.12 bits per heavy atom. The summed E-state index contributed by atoms with van der Waals surface area (Å²) in [6, 6.07) is 12.5. The van der Waals surface area contributed by atoms with E-state index in [1.165, 1.54) is 11.8 Å². The van der Waals surface area contributed by atoms with Crippen molar-refractivity contribution < 1.29 is 9.59 Å². The summed E-state index contributed by atoms with van der Waals surface area (Å²) in [6.07, 6.45) is 0. The van der Waals surface area contributed by atoms with Gasteiger partial charge in [-0.3, -0.25) is 9.59 Å². The fraction of sp³-hybridized carbons (Fsp3) is 0.360. The second-order valence-electron chi connectivity index (χ2n) is 8.45. The Balaban J connectivity index is 1.72. The van der Waals surface area contributed by atoms with Gasteiger partial charge in [-0.05, 0) is 62.6 Å². The molecule has 2 N–H and O–H groups in total. The molecule has 0 unspecified atom stereocenters. The zero-order chi connectivity index (χ0) is 24.8. The van der Waals surface area contributed by atoms with Gasteiger partial charge in [0.1, 0.15) is 0 Å². The molecule has 1 aromatic heterocycles. The lowest BCUT2D eigenvalue weighted by atomic mass is 10.0. The molecule has 0 bridgehead atoms. The monoisotopic (exact) mass is 499 g/mol. The molecule has 0 saturated carbocycles. The Morgan fingerprint density at radius 2 is 1.88 bits per heavy atom. The van der Waals surface area contributed by atoms with Gasteiger partial charge in [0.2, 0.25) is 5.91 Å². The third-order valence-electron chi connectivity index (χ3n) is 5.37. The van der Waals surface area contributed by atoms with Gasteiger partial charge < -0.3 is 15.2 Å². The van der Waals surface area contributed by atoms with Gasteiger partial charge in [-0.1, -0.05) is 54.9 Å². The first kappa shape index (κ1) is 25.8. The molecule has 9 heteroatoms. The molecule has 180 valence electrons. The predicted molar refractivity (Wildman–Crippen MR) is 137 cm³/mol. The molecular weight excluding hydrogens is 470 g/mol. The van der Waals surface area contributed by atoms with E-state index < -0.39 is 0 Å². The Bertz CT molecular complexity index is 1180. The number of anilines is 1. The minimum Gasteiger partial charge on any atom is -0.342 e. The maximum Gasteiger partial charge on any atom is 0.251 e. The van der Waals surface area contributed by atoms with Crippen LogP contribution >= 0.6 is 23.4 Å². The molecule has 0 aliphatic rings. The molecule has 1 heterocycles. The first-order chi connectivity index (χ1) is 16.2. The molecule has 2 aromatic carbocycles. The lowest BCUT2D eigenvalue weighted by Gasteiger charge is -2.22. The van der Waals surface area contributed by atoms with E-state index >= 15 is 0 Å². The number of amides is 2. The van der Waals surface area contributed by atoms with Gasteiger partial charge >= 0.3 is 0 Å². The van der Waals surface area contributed by atoms with Crippen LogP contribution in [0.25, 0.3) is 0 Å². The van der Waals surface area contributed by atoms with Crippen molar-refractivity contribution >= 4 is 40.9 Å². The number of carbonyl (C=O) groups is 2. The smallest absolute Gasteiger partial charge is 0.251 e. The number of hydrogen-bond donors (Lipinski definition) is 2. The highest BCUT2D eigenvalue weighted by Crippen LogP contribution is 2.26. The summed E-state index contributed by atoms with van der Waals surface area (Å²) < 4.78 is 1.95. The quantitative estimate of drug-likeness (QED) is 0.383. The molecule has 0 radical (unpaired) electrons. The molecule has 3 aromatic rings. The van der Waals surface area contributed by atoms with Crippen LogP contribution in [0.15, 0.2) is 47.6 Å². The standard InChI is InChI=1S/C25H30ClN5O2S/c1-6-31-23(22(15(2)3)28-24(33)18-9-7-8-16(4)12-18)29-30-25(31)34-14-21(32)27-20-11-10-19(26)13-17(20)5/h7-13,15,22H,6,14H2,1-5H3,(H,27,32)(H,28,33)/t22-/m1/s1. The summed E-state index contributed by atoms with van der Waals surface area (Å²) in [6.45, 7) is 10.5. The number of nitrogens with zero attached hydrogens (tertiary/aromatic N) is 3. The largest absolute Gasteiger partial charge is 0.342 e. The molecule has 1 atom stereocenters. The minimum atomic E-state index is -0.319. The van der Waals surface area contributed by atoms with Crippen LogP contribution in [0.1, 0.15) is 54.1 Å². The van der Waals surface area contributed by atoms with Crippen molar-refractivity contribution in [2.45, 2.75) is 52.4 Å². The number of carbonyl (C=O) groups excluding carboxylic acids is 2. The van der Waals surface area contributed by atoms with Gasteiger partial charge in [0, 0.05) is 22.8 Å². The molecule has 2 amide bonds. The first-order valence-corrected chi connectivity index (χ1v) is 12.5. The highest BCUT2D eigenvalue weighted by atomic mass is 35.5. The van der Waals surface area contributed by atoms with E-state index in [-0.39, 0.29) is 29.5 Å². The summed E-state index contributed by atoms with van der Waals surface area (Å²) in [5.41, 5.74) is 3.26. The molecule has 0 fully saturated rings. The van der Waals surface area contributed by atoms with E-state index in [1.54, 1.807) is 24.3 Å². The minimum absolute atomic E-state index is 0.0947. The average Bonchev–Trinajstić information content (AvgIpc) is 3.20. The number of nitrogens with one attached hydrogen (secondary N) is 2. The summed E-state index contributed by atoms with van der Waals surface area (Å²) in [5, 5.41) is 16.0. The normalized spacial score (nSPS) is 12.0. The lowest BCUT2D eigenvalue weighted by molar-refractivity contribution is -0.113. The van der Waals surface area contributed by atoms with Gasteiger partial charge in [-0.25, -0.2) is 0 Å². The highest BCUT2D eigenvalue weighted by Gasteiger charge is 2.26. The van der Waals surface area contributed by atoms with Crippen LogP contribution in [0.2, 0.25) is 5.02 Å². The van der Waals surface area contributed by atoms with Gasteiger partial charge in [-0.2, -0.15) is 0 Å². The van der Waals surface area contributed by atoms with Crippen molar-refractivity contribution in [3.63, 3.8) is 0 Å². The van der Waals surface area contributed by atoms with Crippen LogP contribution < -0.4 is 10.6 Å². The Kier molecular flexibility index (Phi) is 8.74. The second-order valence-corrected chi connectivity index (χ2v) is 9.82. The zero-order valence-corrected chi connectivity index (χ0v) is 21.6. The molecule has 0 aliphatic carbocycles. The maximum atomic E-state index is 12.9. The number of thioether (sulfide) groups is 1. The Morgan fingerprint density at radius 3 is 2.53 bits per heavy atom. The topological polar surface area (TPSA) is 88.9 Å². The van der Waals surface area contributed by atoms with Crippen molar-refractivity contribution in [3.05, 3.63) is 70.0 Å². The molecule has 0 aliphatic heterocycles. The summed E-state index contributed by atoms with van der Waals surface area (Å²) in [7, 11) is 0. The van der Waals surface area contributed by atoms with E-state index in [9.17, 15) is 9.59 Å². The summed E-state index contributed by atoms with van der Waals surface area (Å²) in [5.74, 6) is 0.658. The van der Waals surface area contributed by atoms with Crippen LogP contribution in [0.5, 0.6) is 0 Å². The number of rotatable bonds is 9. The van der Waals surface area contributed by atoms with Crippen molar-refractivity contribution in [2.24, 2.45) is 5.92 Å². The zero-order valence-electron chi connectivity index (χ0n) is 20.1. The first-order valence-electron chi connectivity index (χ1n) is 11.2. The molecule has 0 spiro atoms. The Hall–Kier alpha value is -2.84. The highest BCUT2D eigenvalue weighted by molar-refractivity contribution is 7.99. The SMILES string of the molecule is CCn1c(SCC(=O)Nc2ccc(Cl)cc2C)nnc1[C@H](NC(=O)c1cccc(C)c1)C(C)C. The van der Waals surface area contributed by atoms with E-state index in [0.29, 0.717) is 28.1 Å². The fourth-order valence-corrected chi connectivity index (χ4v) is 4.59. The van der Waals surface area contributed by atoms with Gasteiger partial charge in [0.25, 0.3) is 5.91 Å². The van der Waals surface area contributed by atoms with Gasteiger partial charge in [0.05, 0.1) is 11.8 Å². The number of hydrogen-bond acceptors (Lipinski definition) is 5. The third kappa shape index (κ3) is 6.39. The van der Waals surface area contributed by atoms with Crippen molar-refractivity contribution in [2.75, 3.05) is 11.1 Å². The average molecular weight is 500 g/mol. The van der Waals surface area contributed by atoms with Crippen LogP contribution in [-0.4, -0.2) is 32.3 Å². The molecule has 7 nitrogen and oxygen atoms in total. The number of benzene rings is 2. The summed E-state index contributed by atoms with van der Waals surface area (Å²) in [4.78, 5) is 25.4. The van der Waals surface area contributed by atoms with E-state index in [1.807, 2.05) is 57.4 Å². The number of aromatic nitrogens is 3. The van der Waals surface area contributed by atoms with Crippen LogP contribution in [0.4, 0.5) is 5.69 Å². The van der Waals surface area contributed by atoms with Crippen molar-refractivity contribution in [1.29, 1.82) is 0 Å². The molecule has 34 heavy (non-hydrogen) atoms. The molecule has 3 rings (SSSR count). The lowest BCUT2D eigenvalue weighted by Crippen LogP contribution is -2.33. The van der Waals surface area contributed by atoms with Crippen LogP contribution in [0.3, 0.4) is 0 Å². The van der Waals surface area contributed by atoms with Crippen molar-refractivity contribution in [3.8, 4) is 0 Å². The van der Waals surface area contributed by atoms with Gasteiger partial charge in [0.15, 0.2) is 11.0 Å². The third-order valence-corrected chi connectivity index (χ3v) is 6.57. The molecule has 0 saturated heterocycles. The summed E-state index contributed by atoms with van der Waals surface area (Å²) >= 11 is 7.30. The number of aryl methyl sites for hydroxylation is 2. The van der Waals surface area contributed by atoms with E-state index in [4.69, 9.17) is 11.6 Å². The van der Waals surface area contributed by atoms with E-state index in [0.717, 1.165) is 16.8 Å². The fourth-order valence-electron chi connectivity index (χ4n) is 3.56. The molecular formula is C25H30ClN5O2S. The van der Waals surface area contributed by atoms with Gasteiger partial charge in [-0.15, -0.1) is 10.2 Å². The van der Waals surface area contributed by atoms with Crippen LogP contribution in [0, 0.1) is 19.8 Å². The van der Waals surface area contributed by atoms with Crippen LogP contribution in [-0.2, 0) is 11.3 Å². The van der Waals surface area contributed by atoms with Crippen molar-refractivity contribution in [1.82, 2.24) is 20.1 Å². The Labute approximate surface area is 209 Å². The second kappa shape index (κ2) is 11.5.